The molecule has 11 heteroatoms. The first kappa shape index (κ1) is 29.0. The monoisotopic (exact) mass is 585 g/mol. The van der Waals surface area contributed by atoms with Gasteiger partial charge in [-0.25, -0.2) is 21.5 Å². The first-order chi connectivity index (χ1) is 18.3. The summed E-state index contributed by atoms with van der Waals surface area (Å²) in [6.07, 6.45) is 2.43. The molecule has 4 rings (SSSR count). The van der Waals surface area contributed by atoms with Crippen LogP contribution in [0.3, 0.4) is 0 Å². The van der Waals surface area contributed by atoms with Crippen molar-refractivity contribution in [3.05, 3.63) is 84.1 Å². The molecule has 0 saturated carbocycles. The minimum Gasteiger partial charge on any atom is -0.360 e. The Hall–Kier alpha value is -2.99. The first-order valence-electron chi connectivity index (χ1n) is 12.8. The molecule has 4 aromatic rings. The van der Waals surface area contributed by atoms with Crippen molar-refractivity contribution in [2.75, 3.05) is 17.6 Å². The van der Waals surface area contributed by atoms with Gasteiger partial charge in [-0.15, -0.1) is 0 Å². The summed E-state index contributed by atoms with van der Waals surface area (Å²) in [4.78, 5) is -0.534. The number of nitrogens with one attached hydrogen (secondary N) is 1. The normalized spacial score (nSPS) is 12.6. The maximum Gasteiger partial charge on any atom is 0.263 e. The van der Waals surface area contributed by atoms with Gasteiger partial charge in [-0.2, -0.15) is 5.10 Å². The third-order valence-electron chi connectivity index (χ3n) is 6.32. The molecule has 3 aromatic carbocycles. The lowest BCUT2D eigenvalue weighted by atomic mass is 10.1. The van der Waals surface area contributed by atoms with E-state index in [-0.39, 0.29) is 9.79 Å². The number of sulfonamides is 1. The molecule has 1 heterocycles. The fraction of sp³-hybridized carbons (Fsp3) is 0.321. The van der Waals surface area contributed by atoms with Crippen molar-refractivity contribution in [1.82, 2.24) is 9.78 Å². The Morgan fingerprint density at radius 3 is 2.21 bits per heavy atom. The van der Waals surface area contributed by atoms with E-state index in [2.05, 4.69) is 36.5 Å². The summed E-state index contributed by atoms with van der Waals surface area (Å²) >= 11 is 0. The molecular formula is C28H35N3O5S2Si. The second-order valence-corrected chi connectivity index (χ2v) is 20.1. The lowest BCUT2D eigenvalue weighted by Crippen LogP contribution is -2.22. The molecule has 0 atom stereocenters. The molecule has 0 aliphatic heterocycles. The van der Waals surface area contributed by atoms with Gasteiger partial charge in [0.25, 0.3) is 10.0 Å². The molecule has 0 unspecified atom stereocenters. The standard InChI is InChI=1S/C28H35N3O5S2Si/c1-37(32,33)27-12-8-9-13-28(27)38(34,35)30-23-15-17-26-24(20-23)25(16-14-22-10-6-5-7-11-22)29-31(26)21-36-18-19-39(2,3)4/h5-13,15,17,20,30H,14,16,18-19,21H2,1-4H3. The van der Waals surface area contributed by atoms with Gasteiger partial charge >= 0.3 is 0 Å². The summed E-state index contributed by atoms with van der Waals surface area (Å²) in [7, 11) is -9.14. The van der Waals surface area contributed by atoms with E-state index in [0.29, 0.717) is 25.4 Å². The van der Waals surface area contributed by atoms with Crippen molar-refractivity contribution in [2.24, 2.45) is 0 Å². The number of aryl methyl sites for hydroxylation is 2. The van der Waals surface area contributed by atoms with Crippen LogP contribution in [0.15, 0.2) is 82.6 Å². The van der Waals surface area contributed by atoms with Gasteiger partial charge < -0.3 is 4.74 Å². The highest BCUT2D eigenvalue weighted by molar-refractivity contribution is 7.95. The molecule has 208 valence electrons. The lowest BCUT2D eigenvalue weighted by molar-refractivity contribution is 0.0814. The Balaban J connectivity index is 1.65. The Morgan fingerprint density at radius 2 is 1.54 bits per heavy atom. The van der Waals surface area contributed by atoms with E-state index < -0.39 is 27.9 Å². The van der Waals surface area contributed by atoms with E-state index in [0.717, 1.165) is 35.3 Å². The highest BCUT2D eigenvalue weighted by Crippen LogP contribution is 2.28. The zero-order chi connectivity index (χ0) is 28.3. The van der Waals surface area contributed by atoms with Crippen LogP contribution in [0.1, 0.15) is 11.3 Å². The predicted octanol–water partition coefficient (Wildman–Crippen LogP) is 5.34. The molecule has 0 aliphatic rings. The number of benzene rings is 3. The predicted molar refractivity (Wildman–Crippen MR) is 158 cm³/mol. The van der Waals surface area contributed by atoms with Crippen LogP contribution in [0.4, 0.5) is 5.69 Å². The van der Waals surface area contributed by atoms with Crippen molar-refractivity contribution in [3.63, 3.8) is 0 Å². The molecule has 0 bridgehead atoms. The molecule has 1 aromatic heterocycles. The van der Waals surface area contributed by atoms with Gasteiger partial charge in [0, 0.05) is 32.0 Å². The van der Waals surface area contributed by atoms with Gasteiger partial charge in [0.1, 0.15) is 11.6 Å². The van der Waals surface area contributed by atoms with E-state index >= 15 is 0 Å². The van der Waals surface area contributed by atoms with Crippen LogP contribution in [-0.2, 0) is 44.2 Å². The van der Waals surface area contributed by atoms with Gasteiger partial charge in [0.2, 0.25) is 0 Å². The minimum atomic E-state index is -4.17. The topological polar surface area (TPSA) is 107 Å². The summed E-state index contributed by atoms with van der Waals surface area (Å²) < 4.78 is 61.3. The van der Waals surface area contributed by atoms with Gasteiger partial charge in [-0.1, -0.05) is 62.1 Å². The summed E-state index contributed by atoms with van der Waals surface area (Å²) in [5.41, 5.74) is 3.18. The van der Waals surface area contributed by atoms with E-state index in [1.54, 1.807) is 12.1 Å². The summed E-state index contributed by atoms with van der Waals surface area (Å²) in [5.74, 6) is 0. The van der Waals surface area contributed by atoms with E-state index in [1.165, 1.54) is 29.8 Å². The number of nitrogens with zero attached hydrogens (tertiary/aromatic N) is 2. The third-order valence-corrected chi connectivity index (χ3v) is 10.7. The highest BCUT2D eigenvalue weighted by atomic mass is 32.2. The van der Waals surface area contributed by atoms with Crippen molar-refractivity contribution in [3.8, 4) is 0 Å². The molecule has 0 radical (unpaired) electrons. The van der Waals surface area contributed by atoms with Gasteiger partial charge in [-0.3, -0.25) is 4.72 Å². The average molecular weight is 586 g/mol. The van der Waals surface area contributed by atoms with Crippen LogP contribution in [0, 0.1) is 0 Å². The van der Waals surface area contributed by atoms with Crippen LogP contribution in [0.2, 0.25) is 25.7 Å². The Morgan fingerprint density at radius 1 is 0.872 bits per heavy atom. The number of hydrogen-bond donors (Lipinski definition) is 1. The number of sulfone groups is 1. The number of ether oxygens (including phenoxy) is 1. The maximum atomic E-state index is 13.2. The summed E-state index contributed by atoms with van der Waals surface area (Å²) in [5, 5.41) is 5.64. The Labute approximate surface area is 232 Å². The molecule has 0 amide bonds. The van der Waals surface area contributed by atoms with Gasteiger partial charge in [0.15, 0.2) is 9.84 Å². The molecule has 0 aliphatic carbocycles. The highest BCUT2D eigenvalue weighted by Gasteiger charge is 2.24. The number of aromatic nitrogens is 2. The zero-order valence-electron chi connectivity index (χ0n) is 22.7. The molecule has 0 spiro atoms. The fourth-order valence-corrected chi connectivity index (χ4v) is 7.65. The van der Waals surface area contributed by atoms with Crippen molar-refractivity contribution in [2.45, 2.75) is 55.0 Å². The second-order valence-electron chi connectivity index (χ2n) is 10.8. The SMILES string of the molecule is C[Si](C)(C)CCOCn1nc(CCc2ccccc2)c2cc(NS(=O)(=O)c3ccccc3S(C)(=O)=O)ccc21. The largest absolute Gasteiger partial charge is 0.360 e. The minimum absolute atomic E-state index is 0.245. The molecule has 0 saturated heterocycles. The van der Waals surface area contributed by atoms with E-state index in [4.69, 9.17) is 9.84 Å². The van der Waals surface area contributed by atoms with Crippen molar-refractivity contribution in [1.29, 1.82) is 0 Å². The quantitative estimate of drug-likeness (QED) is 0.178. The average Bonchev–Trinajstić information content (AvgIpc) is 3.21. The molecule has 1 N–H and O–H groups in total. The lowest BCUT2D eigenvalue weighted by Gasteiger charge is -2.15. The smallest absolute Gasteiger partial charge is 0.263 e. The van der Waals surface area contributed by atoms with Gasteiger partial charge in [-0.05, 0) is 54.8 Å². The van der Waals surface area contributed by atoms with Crippen LogP contribution >= 0.6 is 0 Å². The number of hydrogen-bond acceptors (Lipinski definition) is 6. The summed E-state index contributed by atoms with van der Waals surface area (Å²) in [6.45, 7) is 7.88. The van der Waals surface area contributed by atoms with Crippen LogP contribution < -0.4 is 4.72 Å². The number of fused-ring (bicyclic) bond motifs is 1. The number of rotatable bonds is 12. The van der Waals surface area contributed by atoms with E-state index in [9.17, 15) is 16.8 Å². The van der Waals surface area contributed by atoms with Gasteiger partial charge in [0.05, 0.1) is 16.1 Å². The second kappa shape index (κ2) is 11.6. The maximum absolute atomic E-state index is 13.2. The number of anilines is 1. The third kappa shape index (κ3) is 7.56. The first-order valence-corrected chi connectivity index (χ1v) is 19.8. The van der Waals surface area contributed by atoms with Crippen molar-refractivity contribution >= 4 is 44.5 Å². The Kier molecular flexibility index (Phi) is 8.65. The molecular weight excluding hydrogens is 551 g/mol. The fourth-order valence-electron chi connectivity index (χ4n) is 4.22. The molecule has 0 fully saturated rings. The zero-order valence-corrected chi connectivity index (χ0v) is 25.3. The van der Waals surface area contributed by atoms with E-state index in [1.807, 2.05) is 28.9 Å². The Bertz CT molecular complexity index is 1660. The van der Waals surface area contributed by atoms with Crippen LogP contribution in [0.25, 0.3) is 10.9 Å². The molecule has 39 heavy (non-hydrogen) atoms. The summed E-state index contributed by atoms with van der Waals surface area (Å²) in [6, 6.07) is 22.0. The molecule has 8 nitrogen and oxygen atoms in total. The van der Waals surface area contributed by atoms with Crippen LogP contribution in [-0.4, -0.2) is 47.6 Å². The van der Waals surface area contributed by atoms with Crippen molar-refractivity contribution < 1.29 is 21.6 Å². The van der Waals surface area contributed by atoms with Crippen LogP contribution in [0.5, 0.6) is 0 Å².